The van der Waals surface area contributed by atoms with E-state index in [9.17, 15) is 4.79 Å². The summed E-state index contributed by atoms with van der Waals surface area (Å²) in [6.45, 7) is 24.2. The van der Waals surface area contributed by atoms with Crippen molar-refractivity contribution in [1.29, 1.82) is 0 Å². The van der Waals surface area contributed by atoms with Gasteiger partial charge >= 0.3 is 0 Å². The maximum Gasteiger partial charge on any atom is 0.161 e. The molecule has 11 heteroatoms. The maximum absolute atomic E-state index is 12.4. The SMILES string of the molecule is C=C1C(C)CC(CC)OC1C.C=C1COC(CC)C1.CC.CC(O)CO.O=C(CC1CCOC1)CC1CCC2OC3C4OC5CC4OC3C(O5)C2O1. The van der Waals surface area contributed by atoms with Gasteiger partial charge in [-0.2, -0.15) is 0 Å². The van der Waals surface area contributed by atoms with E-state index < -0.39 is 6.10 Å². The van der Waals surface area contributed by atoms with Gasteiger partial charge in [0.15, 0.2) is 6.29 Å². The summed E-state index contributed by atoms with van der Waals surface area (Å²) in [7, 11) is 0. The number of rotatable bonds is 7. The average molecular weight is 739 g/mol. The molecule has 0 aromatic carbocycles. The maximum atomic E-state index is 12.4. The van der Waals surface area contributed by atoms with Crippen LogP contribution >= 0.6 is 0 Å². The Morgan fingerprint density at radius 3 is 2.02 bits per heavy atom. The summed E-state index contributed by atoms with van der Waals surface area (Å²) in [6.07, 6.45) is 9.14. The average Bonchev–Trinajstić information content (AvgIpc) is 3.92. The van der Waals surface area contributed by atoms with Crippen LogP contribution in [0, 0.1) is 11.8 Å². The van der Waals surface area contributed by atoms with Crippen LogP contribution in [0.15, 0.2) is 24.3 Å². The quantitative estimate of drug-likeness (QED) is 0.305. The Bertz CT molecular complexity index is 1090. The third-order valence-corrected chi connectivity index (χ3v) is 11.2. The molecule has 0 radical (unpaired) electrons. The first kappa shape index (κ1) is 43.5. The first-order valence-corrected chi connectivity index (χ1v) is 20.3. The second-order valence-electron chi connectivity index (χ2n) is 15.5. The summed E-state index contributed by atoms with van der Waals surface area (Å²) in [5.41, 5.74) is 2.51. The smallest absolute Gasteiger partial charge is 0.161 e. The van der Waals surface area contributed by atoms with Gasteiger partial charge in [0.25, 0.3) is 0 Å². The molecule has 9 saturated heterocycles. The molecule has 9 rings (SSSR count). The van der Waals surface area contributed by atoms with E-state index in [1.165, 1.54) is 18.1 Å². The number of aliphatic hydroxyl groups is 2. The minimum atomic E-state index is -0.560. The predicted octanol–water partition coefficient (Wildman–Crippen LogP) is 5.86. The molecule has 6 bridgehead atoms. The van der Waals surface area contributed by atoms with Gasteiger partial charge in [0.05, 0.1) is 55.9 Å². The van der Waals surface area contributed by atoms with Crippen molar-refractivity contribution in [3.05, 3.63) is 24.3 Å². The van der Waals surface area contributed by atoms with Crippen molar-refractivity contribution in [2.75, 3.05) is 26.4 Å². The van der Waals surface area contributed by atoms with E-state index in [4.69, 9.17) is 48.1 Å². The molecule has 0 amide bonds. The summed E-state index contributed by atoms with van der Waals surface area (Å²) >= 11 is 0. The molecule has 9 fully saturated rings. The Hall–Kier alpha value is -1.25. The fourth-order valence-electron chi connectivity index (χ4n) is 8.22. The van der Waals surface area contributed by atoms with Crippen LogP contribution in [-0.2, 0) is 42.7 Å². The fourth-order valence-corrected chi connectivity index (χ4v) is 8.22. The lowest BCUT2D eigenvalue weighted by atomic mass is 9.87. The van der Waals surface area contributed by atoms with Gasteiger partial charge in [0.2, 0.25) is 0 Å². The van der Waals surface area contributed by atoms with Crippen molar-refractivity contribution in [1.82, 2.24) is 0 Å². The van der Waals surface area contributed by atoms with E-state index >= 15 is 0 Å². The summed E-state index contributed by atoms with van der Waals surface area (Å²) in [5, 5.41) is 16.0. The number of carbonyl (C=O) groups is 1. The molecule has 0 aromatic heterocycles. The van der Waals surface area contributed by atoms with Crippen LogP contribution in [0.4, 0.5) is 0 Å². The van der Waals surface area contributed by atoms with Crippen LogP contribution in [0.5, 0.6) is 0 Å². The molecule has 0 saturated carbocycles. The molecular weight excluding hydrogens is 668 g/mol. The Morgan fingerprint density at radius 1 is 0.808 bits per heavy atom. The van der Waals surface area contributed by atoms with Crippen LogP contribution in [0.2, 0.25) is 0 Å². The minimum absolute atomic E-state index is 0.00359. The van der Waals surface area contributed by atoms with E-state index in [2.05, 4.69) is 40.9 Å². The topological polar surface area (TPSA) is 131 Å². The highest BCUT2D eigenvalue weighted by atomic mass is 16.8. The molecule has 9 aliphatic rings. The van der Waals surface area contributed by atoms with E-state index in [-0.39, 0.29) is 73.6 Å². The van der Waals surface area contributed by atoms with Gasteiger partial charge in [-0.05, 0) is 81.8 Å². The number of Topliss-reactive ketones (excluding diaryl/α,β-unsaturated/α-hetero) is 1. The Morgan fingerprint density at radius 2 is 1.44 bits per heavy atom. The van der Waals surface area contributed by atoms with Gasteiger partial charge in [-0.25, -0.2) is 0 Å². The number of ketones is 1. The minimum Gasteiger partial charge on any atom is -0.394 e. The van der Waals surface area contributed by atoms with Crippen molar-refractivity contribution in [2.24, 2.45) is 11.8 Å². The highest BCUT2D eigenvalue weighted by Gasteiger charge is 2.64. The normalized spacial score (nSPS) is 41.5. The monoisotopic (exact) mass is 738 g/mol. The van der Waals surface area contributed by atoms with E-state index in [0.29, 0.717) is 36.9 Å². The number of ether oxygens (including phenoxy) is 8. The van der Waals surface area contributed by atoms with Gasteiger partial charge in [-0.3, -0.25) is 4.79 Å². The lowest BCUT2D eigenvalue weighted by molar-refractivity contribution is -0.264. The first-order valence-electron chi connectivity index (χ1n) is 20.3. The van der Waals surface area contributed by atoms with Crippen LogP contribution in [0.1, 0.15) is 113 Å². The molecule has 0 spiro atoms. The number of hydrogen-bond donors (Lipinski definition) is 2. The third-order valence-electron chi connectivity index (χ3n) is 11.2. The first-order chi connectivity index (χ1) is 25.0. The van der Waals surface area contributed by atoms with Crippen LogP contribution in [0.3, 0.4) is 0 Å². The number of carbonyl (C=O) groups excluding carboxylic acids is 1. The molecule has 300 valence electrons. The van der Waals surface area contributed by atoms with E-state index in [1.54, 1.807) is 0 Å². The Labute approximate surface area is 313 Å². The van der Waals surface area contributed by atoms with Crippen LogP contribution in [-0.4, -0.2) is 122 Å². The lowest BCUT2D eigenvalue weighted by Crippen LogP contribution is -2.61. The molecular formula is C41H70O11. The molecule has 0 aliphatic carbocycles. The summed E-state index contributed by atoms with van der Waals surface area (Å²) in [5.74, 6) is 1.31. The second-order valence-corrected chi connectivity index (χ2v) is 15.5. The summed E-state index contributed by atoms with van der Waals surface area (Å²) in [4.78, 5) is 12.4. The van der Waals surface area contributed by atoms with Gasteiger partial charge in [-0.15, -0.1) is 0 Å². The lowest BCUT2D eigenvalue weighted by Gasteiger charge is -2.46. The molecule has 2 N–H and O–H groups in total. The highest BCUT2D eigenvalue weighted by Crippen LogP contribution is 2.48. The number of fused-ring (bicyclic) bond motifs is 1. The number of aliphatic hydroxyl groups excluding tert-OH is 2. The standard InChI is InChI=1S/C19H26O7.C10H18O.C7H12O.C3H8O2.C2H6/c20-10(5-9-3-4-21-8-9)6-11-1-2-12-15(22-11)18-19-17(23-12)16-13(24-19)7-14(25-16)26-18;1-5-10-6-7(2)8(3)9(4)11-10;1-3-7-4-6(2)5-8-7;1-3(5)2-4;1-2/h9,11-19H,1-8H2;7,9-10H,3,5-6H2,1-2,4H3;7H,2-5H2,1H3;3-5H,2H2,1H3;1-2H3. The fraction of sp³-hybridized carbons (Fsp3) is 0.878. The molecule has 9 aliphatic heterocycles. The van der Waals surface area contributed by atoms with Crippen LogP contribution in [0.25, 0.3) is 0 Å². The molecule has 15 atom stereocenters. The molecule has 9 heterocycles. The molecule has 52 heavy (non-hydrogen) atoms. The van der Waals surface area contributed by atoms with Crippen molar-refractivity contribution in [3.8, 4) is 0 Å². The Kier molecular flexibility index (Phi) is 17.7. The number of hydrogen-bond acceptors (Lipinski definition) is 11. The van der Waals surface area contributed by atoms with Crippen molar-refractivity contribution >= 4 is 5.78 Å². The van der Waals surface area contributed by atoms with Crippen molar-refractivity contribution < 1.29 is 52.9 Å². The highest BCUT2D eigenvalue weighted by molar-refractivity contribution is 5.79. The zero-order valence-corrected chi connectivity index (χ0v) is 33.0. The van der Waals surface area contributed by atoms with Gasteiger partial charge in [0.1, 0.15) is 36.3 Å². The van der Waals surface area contributed by atoms with Gasteiger partial charge in [-0.1, -0.05) is 47.8 Å². The summed E-state index contributed by atoms with van der Waals surface area (Å²) in [6, 6.07) is 0. The van der Waals surface area contributed by atoms with Crippen LogP contribution < -0.4 is 0 Å². The van der Waals surface area contributed by atoms with E-state index in [0.717, 1.165) is 71.2 Å². The largest absolute Gasteiger partial charge is 0.394 e. The zero-order valence-electron chi connectivity index (χ0n) is 33.0. The Balaban J connectivity index is 0.000000192. The van der Waals surface area contributed by atoms with Gasteiger partial charge < -0.3 is 48.1 Å². The third kappa shape index (κ3) is 11.6. The molecule has 0 aromatic rings. The summed E-state index contributed by atoms with van der Waals surface area (Å²) < 4.78 is 47.4. The predicted molar refractivity (Wildman–Crippen MR) is 198 cm³/mol. The zero-order chi connectivity index (χ0) is 37.9. The van der Waals surface area contributed by atoms with E-state index in [1.807, 2.05) is 13.8 Å². The second kappa shape index (κ2) is 21.2. The molecule has 11 nitrogen and oxygen atoms in total. The van der Waals surface area contributed by atoms with Crippen molar-refractivity contribution in [3.63, 3.8) is 0 Å². The molecule has 15 unspecified atom stereocenters. The van der Waals surface area contributed by atoms with Crippen molar-refractivity contribution in [2.45, 2.75) is 192 Å². The van der Waals surface area contributed by atoms with Gasteiger partial charge in [0, 0.05) is 32.5 Å².